The maximum atomic E-state index is 12.9. The lowest BCUT2D eigenvalue weighted by molar-refractivity contribution is -0.138. The van der Waals surface area contributed by atoms with Gasteiger partial charge in [-0.05, 0) is 43.5 Å². The monoisotopic (exact) mass is 386 g/mol. The van der Waals surface area contributed by atoms with E-state index in [2.05, 4.69) is 9.71 Å². The number of nitrogens with one attached hydrogen (secondary N) is 2. The lowest BCUT2D eigenvalue weighted by Gasteiger charge is -2.17. The number of aliphatic carboxylic acids is 1. The second-order valence-corrected chi connectivity index (χ2v) is 8.45. The average molecular weight is 386 g/mol. The molecule has 0 spiro atoms. The summed E-state index contributed by atoms with van der Waals surface area (Å²) in [7, 11) is -3.98. The fourth-order valence-corrected chi connectivity index (χ4v) is 5.18. The van der Waals surface area contributed by atoms with Gasteiger partial charge in [0, 0.05) is 23.5 Å². The molecule has 0 saturated heterocycles. The Balaban J connectivity index is 1.94. The highest BCUT2D eigenvalue weighted by Gasteiger charge is 2.28. The molecule has 0 aliphatic carbocycles. The summed E-state index contributed by atoms with van der Waals surface area (Å²) in [5.74, 6) is -1.22. The van der Waals surface area contributed by atoms with Gasteiger partial charge in [0.1, 0.15) is 6.04 Å². The molecule has 3 aromatic rings. The van der Waals surface area contributed by atoms with Crippen LogP contribution in [0.1, 0.15) is 22.3 Å². The van der Waals surface area contributed by atoms with Crippen molar-refractivity contribution in [2.45, 2.75) is 38.1 Å². The van der Waals surface area contributed by atoms with Gasteiger partial charge < -0.3 is 10.1 Å². The van der Waals surface area contributed by atoms with Gasteiger partial charge >= 0.3 is 5.97 Å². The van der Waals surface area contributed by atoms with E-state index in [1.165, 1.54) is 0 Å². The maximum absolute atomic E-state index is 12.9. The van der Waals surface area contributed by atoms with Crippen LogP contribution in [0.2, 0.25) is 0 Å². The molecule has 1 atom stereocenters. The number of aromatic nitrogens is 1. The molecule has 3 N–H and O–H groups in total. The number of hydrogen-bond donors (Lipinski definition) is 3. The lowest BCUT2D eigenvalue weighted by Crippen LogP contribution is -2.42. The van der Waals surface area contributed by atoms with Crippen LogP contribution in [0.15, 0.2) is 47.5 Å². The van der Waals surface area contributed by atoms with Crippen LogP contribution >= 0.6 is 0 Å². The zero-order valence-electron chi connectivity index (χ0n) is 15.4. The van der Waals surface area contributed by atoms with Crippen molar-refractivity contribution < 1.29 is 18.3 Å². The molecule has 142 valence electrons. The van der Waals surface area contributed by atoms with Crippen LogP contribution in [0.5, 0.6) is 0 Å². The van der Waals surface area contributed by atoms with Gasteiger partial charge in [0.25, 0.3) is 0 Å². The number of hydrogen-bond acceptors (Lipinski definition) is 3. The van der Waals surface area contributed by atoms with Crippen molar-refractivity contribution in [1.82, 2.24) is 9.71 Å². The Bertz CT molecular complexity index is 1090. The standard InChI is InChI=1S/C20H22N2O4S/c1-12-8-13(2)19(14(3)9-12)27(25,26)22-18(20(23)24)10-15-11-21-17-7-5-4-6-16(15)17/h4-9,11,18,21-22H,10H2,1-3H3,(H,23,24)/t18-/m0/s1. The molecule has 3 rings (SSSR count). The molecule has 0 bridgehead atoms. The van der Waals surface area contributed by atoms with Crippen molar-refractivity contribution in [2.75, 3.05) is 0 Å². The Morgan fingerprint density at radius 2 is 1.78 bits per heavy atom. The fraction of sp³-hybridized carbons (Fsp3) is 0.250. The smallest absolute Gasteiger partial charge is 0.322 e. The van der Waals surface area contributed by atoms with E-state index < -0.39 is 22.0 Å². The minimum absolute atomic E-state index is 0.0442. The number of carbonyl (C=O) groups is 1. The molecule has 0 aliphatic rings. The first-order chi connectivity index (χ1) is 12.7. The predicted molar refractivity (Wildman–Crippen MR) is 104 cm³/mol. The van der Waals surface area contributed by atoms with Gasteiger partial charge in [-0.1, -0.05) is 35.9 Å². The number of aromatic amines is 1. The number of para-hydroxylation sites is 1. The van der Waals surface area contributed by atoms with Crippen LogP contribution in [0.4, 0.5) is 0 Å². The summed E-state index contributed by atoms with van der Waals surface area (Å²) in [5, 5.41) is 10.5. The van der Waals surface area contributed by atoms with E-state index in [1.54, 1.807) is 32.2 Å². The number of benzene rings is 2. The van der Waals surface area contributed by atoms with Crippen molar-refractivity contribution in [1.29, 1.82) is 0 Å². The molecule has 0 radical (unpaired) electrons. The van der Waals surface area contributed by atoms with Gasteiger partial charge in [0.15, 0.2) is 0 Å². The van der Waals surface area contributed by atoms with Gasteiger partial charge in [-0.25, -0.2) is 8.42 Å². The first kappa shape index (κ1) is 19.1. The quantitative estimate of drug-likeness (QED) is 0.606. The molecule has 27 heavy (non-hydrogen) atoms. The van der Waals surface area contributed by atoms with Crippen molar-refractivity contribution in [3.63, 3.8) is 0 Å². The van der Waals surface area contributed by atoms with Gasteiger partial charge in [-0.2, -0.15) is 4.72 Å². The van der Waals surface area contributed by atoms with E-state index in [9.17, 15) is 18.3 Å². The van der Waals surface area contributed by atoms with E-state index in [1.807, 2.05) is 31.2 Å². The normalized spacial score (nSPS) is 13.0. The zero-order valence-corrected chi connectivity index (χ0v) is 16.2. The van der Waals surface area contributed by atoms with Crippen molar-refractivity contribution in [3.05, 3.63) is 64.8 Å². The molecular weight excluding hydrogens is 364 g/mol. The Hall–Kier alpha value is -2.64. The van der Waals surface area contributed by atoms with Crippen molar-refractivity contribution in [2.24, 2.45) is 0 Å². The minimum Gasteiger partial charge on any atom is -0.480 e. The molecule has 0 fully saturated rings. The largest absolute Gasteiger partial charge is 0.480 e. The highest BCUT2D eigenvalue weighted by atomic mass is 32.2. The van der Waals surface area contributed by atoms with Gasteiger partial charge in [-0.15, -0.1) is 0 Å². The predicted octanol–water partition coefficient (Wildman–Crippen LogP) is 3.07. The first-order valence-electron chi connectivity index (χ1n) is 8.57. The lowest BCUT2D eigenvalue weighted by atomic mass is 10.1. The van der Waals surface area contributed by atoms with E-state index >= 15 is 0 Å². The summed E-state index contributed by atoms with van der Waals surface area (Å²) in [4.78, 5) is 15.0. The van der Waals surface area contributed by atoms with E-state index in [4.69, 9.17) is 0 Å². The van der Waals surface area contributed by atoms with Gasteiger partial charge in [0.2, 0.25) is 10.0 Å². The number of aryl methyl sites for hydroxylation is 3. The number of rotatable bonds is 6. The summed E-state index contributed by atoms with van der Waals surface area (Å²) < 4.78 is 28.2. The molecule has 0 amide bonds. The van der Waals surface area contributed by atoms with Crippen LogP contribution in [0, 0.1) is 20.8 Å². The summed E-state index contributed by atoms with van der Waals surface area (Å²) in [6, 6.07) is 9.78. The summed E-state index contributed by atoms with van der Waals surface area (Å²) >= 11 is 0. The molecule has 6 nitrogen and oxygen atoms in total. The molecule has 1 heterocycles. The third kappa shape index (κ3) is 3.89. The van der Waals surface area contributed by atoms with Gasteiger partial charge in [-0.3, -0.25) is 4.79 Å². The van der Waals surface area contributed by atoms with Crippen LogP contribution in [0.25, 0.3) is 10.9 Å². The van der Waals surface area contributed by atoms with Crippen molar-refractivity contribution in [3.8, 4) is 0 Å². The summed E-state index contributed by atoms with van der Waals surface area (Å²) in [6.07, 6.45) is 1.76. The average Bonchev–Trinajstić information content (AvgIpc) is 2.96. The van der Waals surface area contributed by atoms with E-state index in [-0.39, 0.29) is 11.3 Å². The molecule has 1 aromatic heterocycles. The zero-order chi connectivity index (χ0) is 19.8. The van der Waals surface area contributed by atoms with Crippen LogP contribution < -0.4 is 4.72 Å². The maximum Gasteiger partial charge on any atom is 0.322 e. The van der Waals surface area contributed by atoms with Crippen LogP contribution in [-0.2, 0) is 21.2 Å². The molecule has 0 aliphatic heterocycles. The third-order valence-electron chi connectivity index (χ3n) is 4.57. The second kappa shape index (κ2) is 7.17. The molecule has 0 saturated carbocycles. The molecular formula is C20H22N2O4S. The fourth-order valence-electron chi connectivity index (χ4n) is 3.54. The topological polar surface area (TPSA) is 99.3 Å². The number of sulfonamides is 1. The number of carboxylic acid groups (broad SMARTS) is 1. The van der Waals surface area contributed by atoms with E-state index in [0.717, 1.165) is 22.0 Å². The summed E-state index contributed by atoms with van der Waals surface area (Å²) in [6.45, 7) is 5.31. The van der Waals surface area contributed by atoms with Crippen LogP contribution in [0.3, 0.4) is 0 Å². The molecule has 0 unspecified atom stereocenters. The van der Waals surface area contributed by atoms with Crippen molar-refractivity contribution >= 4 is 26.9 Å². The SMILES string of the molecule is Cc1cc(C)c(S(=O)(=O)N[C@@H](Cc2c[nH]c3ccccc23)C(=O)O)c(C)c1. The second-order valence-electron chi connectivity index (χ2n) is 6.80. The van der Waals surface area contributed by atoms with Gasteiger partial charge in [0.05, 0.1) is 4.90 Å². The number of fused-ring (bicyclic) bond motifs is 1. The highest BCUT2D eigenvalue weighted by molar-refractivity contribution is 7.89. The highest BCUT2D eigenvalue weighted by Crippen LogP contribution is 2.23. The Morgan fingerprint density at radius 1 is 1.15 bits per heavy atom. The number of carboxylic acids is 1. The number of H-pyrrole nitrogens is 1. The Morgan fingerprint density at radius 3 is 2.41 bits per heavy atom. The minimum atomic E-state index is -3.98. The Labute approximate surface area is 158 Å². The third-order valence-corrected chi connectivity index (χ3v) is 6.34. The first-order valence-corrected chi connectivity index (χ1v) is 10.1. The van der Waals surface area contributed by atoms with Crippen LogP contribution in [-0.4, -0.2) is 30.5 Å². The molecule has 2 aromatic carbocycles. The van der Waals surface area contributed by atoms with E-state index in [0.29, 0.717) is 11.1 Å². The Kier molecular flexibility index (Phi) is 5.08. The summed E-state index contributed by atoms with van der Waals surface area (Å²) in [5.41, 5.74) is 3.77. The molecule has 7 heteroatoms.